The Morgan fingerprint density at radius 3 is 1.00 bits per heavy atom. The number of hydrogen-bond donors (Lipinski definition) is 2. The number of carbonyl (C=O) groups is 4. The lowest BCUT2D eigenvalue weighted by molar-refractivity contribution is -0.125. The van der Waals surface area contributed by atoms with Gasteiger partial charge in [0.25, 0.3) is 23.6 Å². The van der Waals surface area contributed by atoms with Crippen LogP contribution in [0.1, 0.15) is 11.1 Å². The maximum atomic E-state index is 10.0. The molecule has 2 aromatic carbocycles. The molecule has 27 heavy (non-hydrogen) atoms. The standard InChI is InChI=1S/C13H12.2C4H3NO2/c1-3-7-12(8-4-1)11-13-9-5-2-6-10-13;2*6-3-1-2-4(7)5-3/h1-10H,11H2;2*1-2H,(H,5,6,7). The van der Waals surface area contributed by atoms with Gasteiger partial charge < -0.3 is 0 Å². The predicted octanol–water partition coefficient (Wildman–Crippen LogP) is 1.68. The van der Waals surface area contributed by atoms with Crippen molar-refractivity contribution in [1.82, 2.24) is 10.6 Å². The first-order valence-corrected chi connectivity index (χ1v) is 8.17. The van der Waals surface area contributed by atoms with Gasteiger partial charge in [-0.1, -0.05) is 60.7 Å². The van der Waals surface area contributed by atoms with E-state index < -0.39 is 0 Å². The van der Waals surface area contributed by atoms with E-state index in [2.05, 4.69) is 60.7 Å². The Morgan fingerprint density at radius 1 is 0.481 bits per heavy atom. The highest BCUT2D eigenvalue weighted by molar-refractivity contribution is 6.13. The molecule has 2 aromatic rings. The van der Waals surface area contributed by atoms with Crippen molar-refractivity contribution in [3.8, 4) is 0 Å². The Hall–Kier alpha value is -3.80. The first-order chi connectivity index (χ1) is 13.0. The molecular weight excluding hydrogens is 344 g/mol. The molecule has 0 saturated carbocycles. The second kappa shape index (κ2) is 10.2. The summed E-state index contributed by atoms with van der Waals surface area (Å²) in [5.41, 5.74) is 2.74. The van der Waals surface area contributed by atoms with Gasteiger partial charge in [-0.3, -0.25) is 29.8 Å². The van der Waals surface area contributed by atoms with Gasteiger partial charge in [-0.05, 0) is 17.5 Å². The van der Waals surface area contributed by atoms with E-state index in [1.54, 1.807) is 0 Å². The van der Waals surface area contributed by atoms with Gasteiger partial charge in [0.15, 0.2) is 0 Å². The molecule has 0 fully saturated rings. The monoisotopic (exact) mass is 362 g/mol. The third-order valence-electron chi connectivity index (χ3n) is 3.36. The molecule has 0 aliphatic carbocycles. The fourth-order valence-electron chi connectivity index (χ4n) is 2.14. The maximum absolute atomic E-state index is 10.0. The summed E-state index contributed by atoms with van der Waals surface area (Å²) in [6.45, 7) is 0. The molecule has 2 aliphatic rings. The van der Waals surface area contributed by atoms with Gasteiger partial charge in [-0.2, -0.15) is 0 Å². The Kier molecular flexibility index (Phi) is 7.41. The van der Waals surface area contributed by atoms with Gasteiger partial charge >= 0.3 is 0 Å². The molecular formula is C21H18N2O4. The zero-order valence-electron chi connectivity index (χ0n) is 14.4. The quantitative estimate of drug-likeness (QED) is 0.795. The summed E-state index contributed by atoms with van der Waals surface area (Å²) in [7, 11) is 0. The van der Waals surface area contributed by atoms with E-state index in [9.17, 15) is 19.2 Å². The van der Waals surface area contributed by atoms with E-state index in [0.717, 1.165) is 6.42 Å². The minimum absolute atomic E-state index is 0.329. The van der Waals surface area contributed by atoms with Crippen molar-refractivity contribution in [2.75, 3.05) is 0 Å². The Labute approximate surface area is 156 Å². The highest BCUT2D eigenvalue weighted by Crippen LogP contribution is 2.07. The Balaban J connectivity index is 0.000000159. The van der Waals surface area contributed by atoms with Crippen molar-refractivity contribution >= 4 is 23.6 Å². The van der Waals surface area contributed by atoms with Crippen LogP contribution in [0.15, 0.2) is 85.0 Å². The molecule has 0 radical (unpaired) electrons. The van der Waals surface area contributed by atoms with Crippen molar-refractivity contribution in [1.29, 1.82) is 0 Å². The van der Waals surface area contributed by atoms with Crippen LogP contribution in [-0.2, 0) is 25.6 Å². The molecule has 0 unspecified atom stereocenters. The van der Waals surface area contributed by atoms with Crippen LogP contribution in [0.2, 0.25) is 0 Å². The first kappa shape index (κ1) is 19.5. The van der Waals surface area contributed by atoms with Crippen molar-refractivity contribution < 1.29 is 19.2 Å². The van der Waals surface area contributed by atoms with Gasteiger partial charge in [0, 0.05) is 24.3 Å². The summed E-state index contributed by atoms with van der Waals surface area (Å²) < 4.78 is 0. The van der Waals surface area contributed by atoms with Crippen LogP contribution in [0.25, 0.3) is 0 Å². The second-order valence-corrected chi connectivity index (χ2v) is 5.52. The number of hydrogen-bond acceptors (Lipinski definition) is 4. The lowest BCUT2D eigenvalue weighted by atomic mass is 10.1. The molecule has 4 amide bonds. The maximum Gasteiger partial charge on any atom is 0.250 e. The largest absolute Gasteiger partial charge is 0.289 e. The van der Waals surface area contributed by atoms with Crippen molar-refractivity contribution in [3.63, 3.8) is 0 Å². The summed E-state index contributed by atoms with van der Waals surface area (Å²) in [6.07, 6.45) is 5.82. The molecule has 2 heterocycles. The number of benzene rings is 2. The van der Waals surface area contributed by atoms with Crippen LogP contribution in [0.3, 0.4) is 0 Å². The van der Waals surface area contributed by atoms with Gasteiger partial charge in [-0.25, -0.2) is 0 Å². The van der Waals surface area contributed by atoms with Crippen LogP contribution >= 0.6 is 0 Å². The fourth-order valence-corrected chi connectivity index (χ4v) is 2.14. The smallest absolute Gasteiger partial charge is 0.250 e. The molecule has 0 saturated heterocycles. The molecule has 0 bridgehead atoms. The van der Waals surface area contributed by atoms with Crippen LogP contribution in [0.4, 0.5) is 0 Å². The SMILES string of the molecule is O=C1C=CC(=O)N1.O=C1C=CC(=O)N1.c1ccc(Cc2ccccc2)cc1. The molecule has 4 rings (SSSR count). The predicted molar refractivity (Wildman–Crippen MR) is 100 cm³/mol. The summed E-state index contributed by atoms with van der Waals surface area (Å²) in [5, 5.41) is 4.06. The van der Waals surface area contributed by atoms with Crippen LogP contribution in [-0.4, -0.2) is 23.6 Å². The van der Waals surface area contributed by atoms with Crippen molar-refractivity contribution in [2.45, 2.75) is 6.42 Å². The molecule has 0 spiro atoms. The number of nitrogens with one attached hydrogen (secondary N) is 2. The van der Waals surface area contributed by atoms with Gasteiger partial charge in [-0.15, -0.1) is 0 Å². The minimum Gasteiger partial charge on any atom is -0.289 e. The number of amides is 4. The van der Waals surface area contributed by atoms with Crippen molar-refractivity contribution in [2.24, 2.45) is 0 Å². The zero-order valence-corrected chi connectivity index (χ0v) is 14.4. The van der Waals surface area contributed by atoms with Crippen LogP contribution < -0.4 is 10.6 Å². The minimum atomic E-state index is -0.329. The van der Waals surface area contributed by atoms with Crippen LogP contribution in [0, 0.1) is 0 Å². The molecule has 136 valence electrons. The molecule has 0 atom stereocenters. The van der Waals surface area contributed by atoms with E-state index in [1.165, 1.54) is 35.4 Å². The van der Waals surface area contributed by atoms with Gasteiger partial charge in [0.1, 0.15) is 0 Å². The van der Waals surface area contributed by atoms with Crippen LogP contribution in [0.5, 0.6) is 0 Å². The molecule has 6 heteroatoms. The van der Waals surface area contributed by atoms with E-state index >= 15 is 0 Å². The van der Waals surface area contributed by atoms with Gasteiger partial charge in [0.05, 0.1) is 0 Å². The highest BCUT2D eigenvalue weighted by atomic mass is 16.2. The summed E-state index contributed by atoms with van der Waals surface area (Å²) >= 11 is 0. The van der Waals surface area contributed by atoms with E-state index in [4.69, 9.17) is 0 Å². The average molecular weight is 362 g/mol. The molecule has 0 aromatic heterocycles. The van der Waals surface area contributed by atoms with E-state index in [-0.39, 0.29) is 23.6 Å². The molecule has 6 nitrogen and oxygen atoms in total. The Bertz CT molecular complexity index is 766. The Morgan fingerprint density at radius 2 is 0.778 bits per heavy atom. The summed E-state index contributed by atoms with van der Waals surface area (Å²) in [5.74, 6) is -1.31. The second-order valence-electron chi connectivity index (χ2n) is 5.52. The lowest BCUT2D eigenvalue weighted by Crippen LogP contribution is -2.19. The first-order valence-electron chi connectivity index (χ1n) is 8.17. The molecule has 2 aliphatic heterocycles. The van der Waals surface area contributed by atoms with E-state index in [1.807, 2.05) is 10.6 Å². The number of rotatable bonds is 2. The van der Waals surface area contributed by atoms with Crippen molar-refractivity contribution in [3.05, 3.63) is 96.1 Å². The summed E-state index contributed by atoms with van der Waals surface area (Å²) in [6, 6.07) is 21.1. The van der Waals surface area contributed by atoms with Gasteiger partial charge in [0.2, 0.25) is 0 Å². The van der Waals surface area contributed by atoms with E-state index in [0.29, 0.717) is 0 Å². The highest BCUT2D eigenvalue weighted by Gasteiger charge is 2.07. The average Bonchev–Trinajstić information content (AvgIpc) is 3.24. The number of imide groups is 2. The fraction of sp³-hybridized carbons (Fsp3) is 0.0476. The topological polar surface area (TPSA) is 92.3 Å². The summed E-state index contributed by atoms with van der Waals surface area (Å²) in [4.78, 5) is 40.1. The molecule has 2 N–H and O–H groups in total. The third-order valence-corrected chi connectivity index (χ3v) is 3.36. The third kappa shape index (κ3) is 7.74. The zero-order chi connectivity index (χ0) is 19.5. The normalized spacial score (nSPS) is 13.9. The lowest BCUT2D eigenvalue weighted by Gasteiger charge is -2.00. The number of carbonyl (C=O) groups excluding carboxylic acids is 4.